The molecule has 0 heterocycles. The van der Waals surface area contributed by atoms with Crippen molar-refractivity contribution in [3.05, 3.63) is 29.8 Å². The van der Waals surface area contributed by atoms with Gasteiger partial charge in [0.2, 0.25) is 0 Å². The number of hydrogen-bond donors (Lipinski definition) is 0. The van der Waals surface area contributed by atoms with E-state index in [2.05, 4.69) is 0 Å². The number of nitrogens with zero attached hydrogens (tertiary/aromatic N) is 1. The van der Waals surface area contributed by atoms with E-state index in [4.69, 9.17) is 5.26 Å². The number of nitriles is 1. The second kappa shape index (κ2) is 5.61. The number of rotatable bonds is 5. The molecular weight excluding hydrogens is 229 g/mol. The molecule has 1 aromatic carbocycles. The first-order chi connectivity index (χ1) is 7.61. The van der Waals surface area contributed by atoms with Crippen molar-refractivity contribution in [2.75, 3.05) is 12.4 Å². The smallest absolute Gasteiger partial charge is 0.178 e. The Labute approximate surface area is 94.4 Å². The summed E-state index contributed by atoms with van der Waals surface area (Å²) in [6.07, 6.45) is 0.0360. The van der Waals surface area contributed by atoms with Crippen LogP contribution in [0, 0.1) is 11.3 Å². The van der Waals surface area contributed by atoms with E-state index in [1.54, 1.807) is 18.2 Å². The van der Waals surface area contributed by atoms with Gasteiger partial charge in [0, 0.05) is 0 Å². The Morgan fingerprint density at radius 2 is 2.00 bits per heavy atom. The Kier molecular flexibility index (Phi) is 4.44. The van der Waals surface area contributed by atoms with E-state index in [9.17, 15) is 12.8 Å². The minimum absolute atomic E-state index is 0.0107. The quantitative estimate of drug-likeness (QED) is 0.791. The third-order valence-electron chi connectivity index (χ3n) is 2.12. The van der Waals surface area contributed by atoms with Crippen LogP contribution in [-0.2, 0) is 16.3 Å². The maximum Gasteiger partial charge on any atom is 0.178 e. The summed E-state index contributed by atoms with van der Waals surface area (Å²) in [5.41, 5.74) is 0.476. The van der Waals surface area contributed by atoms with Gasteiger partial charge in [0.05, 0.1) is 29.8 Å². The Bertz CT molecular complexity index is 491. The van der Waals surface area contributed by atoms with E-state index in [0.717, 1.165) is 0 Å². The highest BCUT2D eigenvalue weighted by molar-refractivity contribution is 7.91. The minimum Gasteiger partial charge on any atom is -0.251 e. The molecule has 1 rings (SSSR count). The molecule has 0 atom stereocenters. The molecular formula is C11H12FNO2S. The van der Waals surface area contributed by atoms with Gasteiger partial charge in [-0.15, -0.1) is 0 Å². The zero-order valence-electron chi connectivity index (χ0n) is 8.69. The van der Waals surface area contributed by atoms with Gasteiger partial charge in [-0.1, -0.05) is 18.2 Å². The molecule has 0 aliphatic rings. The molecule has 0 saturated carbocycles. The van der Waals surface area contributed by atoms with Crippen molar-refractivity contribution in [3.63, 3.8) is 0 Å². The molecule has 0 aromatic heterocycles. The van der Waals surface area contributed by atoms with Gasteiger partial charge in [0.1, 0.15) is 0 Å². The van der Waals surface area contributed by atoms with E-state index < -0.39 is 16.5 Å². The normalized spacial score (nSPS) is 11.0. The second-order valence-electron chi connectivity index (χ2n) is 3.30. The monoisotopic (exact) mass is 241 g/mol. The highest BCUT2D eigenvalue weighted by atomic mass is 32.2. The largest absolute Gasteiger partial charge is 0.251 e. The van der Waals surface area contributed by atoms with Crippen molar-refractivity contribution in [2.24, 2.45) is 0 Å². The molecule has 0 saturated heterocycles. The minimum atomic E-state index is -3.47. The average Bonchev–Trinajstić information content (AvgIpc) is 2.27. The van der Waals surface area contributed by atoms with Crippen LogP contribution in [0.25, 0.3) is 0 Å². The summed E-state index contributed by atoms with van der Waals surface area (Å²) in [6, 6.07) is 8.26. The first-order valence-corrected chi connectivity index (χ1v) is 6.50. The lowest BCUT2D eigenvalue weighted by molar-refractivity contribution is 0.484. The van der Waals surface area contributed by atoms with Crippen LogP contribution in [0.4, 0.5) is 4.39 Å². The fourth-order valence-corrected chi connectivity index (χ4v) is 2.93. The lowest BCUT2D eigenvalue weighted by Gasteiger charge is -2.07. The average molecular weight is 241 g/mol. The zero-order chi connectivity index (χ0) is 12.0. The summed E-state index contributed by atoms with van der Waals surface area (Å²) < 4.78 is 35.6. The third-order valence-corrected chi connectivity index (χ3v) is 4.02. The summed E-state index contributed by atoms with van der Waals surface area (Å²) in [7, 11) is -3.47. The predicted molar refractivity (Wildman–Crippen MR) is 58.4 cm³/mol. The van der Waals surface area contributed by atoms with Crippen molar-refractivity contribution in [2.45, 2.75) is 17.7 Å². The van der Waals surface area contributed by atoms with Crippen molar-refractivity contribution in [1.82, 2.24) is 0 Å². The van der Waals surface area contributed by atoms with E-state index in [0.29, 0.717) is 5.56 Å². The van der Waals surface area contributed by atoms with Crippen LogP contribution in [0.5, 0.6) is 0 Å². The van der Waals surface area contributed by atoms with E-state index in [1.807, 2.05) is 6.07 Å². The van der Waals surface area contributed by atoms with Gasteiger partial charge in [-0.2, -0.15) is 5.26 Å². The van der Waals surface area contributed by atoms with E-state index in [-0.39, 0.29) is 23.5 Å². The first-order valence-electron chi connectivity index (χ1n) is 4.85. The lowest BCUT2D eigenvalue weighted by Crippen LogP contribution is -2.10. The lowest BCUT2D eigenvalue weighted by atomic mass is 10.2. The van der Waals surface area contributed by atoms with Gasteiger partial charge in [-0.3, -0.25) is 4.39 Å². The topological polar surface area (TPSA) is 57.9 Å². The van der Waals surface area contributed by atoms with Crippen LogP contribution in [0.1, 0.15) is 12.0 Å². The molecule has 1 aromatic rings. The Morgan fingerprint density at radius 3 is 2.62 bits per heavy atom. The molecule has 0 fully saturated rings. The summed E-state index contributed by atoms with van der Waals surface area (Å²) in [6.45, 7) is -0.653. The summed E-state index contributed by atoms with van der Waals surface area (Å²) >= 11 is 0. The van der Waals surface area contributed by atoms with Crippen LogP contribution < -0.4 is 0 Å². The molecule has 5 heteroatoms. The standard InChI is InChI=1S/C11H12FNO2S/c12-7-3-9-16(14,15)11-5-2-1-4-10(11)6-8-13/h1-2,4-5H,3,6-7,9H2. The fraction of sp³-hybridized carbons (Fsp3) is 0.364. The number of benzene rings is 1. The molecule has 0 unspecified atom stereocenters. The van der Waals surface area contributed by atoms with Crippen LogP contribution >= 0.6 is 0 Å². The highest BCUT2D eigenvalue weighted by Gasteiger charge is 2.17. The molecule has 0 radical (unpaired) electrons. The van der Waals surface area contributed by atoms with Gasteiger partial charge in [0.15, 0.2) is 9.84 Å². The molecule has 86 valence electrons. The Balaban J connectivity index is 3.08. The van der Waals surface area contributed by atoms with Gasteiger partial charge in [0.25, 0.3) is 0 Å². The molecule has 0 aliphatic carbocycles. The second-order valence-corrected chi connectivity index (χ2v) is 5.38. The van der Waals surface area contributed by atoms with Gasteiger partial charge in [-0.05, 0) is 18.1 Å². The van der Waals surface area contributed by atoms with Crippen LogP contribution in [0.2, 0.25) is 0 Å². The number of halogens is 1. The summed E-state index contributed by atoms with van der Waals surface area (Å²) in [4.78, 5) is 0.144. The maximum atomic E-state index is 12.0. The summed E-state index contributed by atoms with van der Waals surface area (Å²) in [5, 5.41) is 8.58. The van der Waals surface area contributed by atoms with E-state index >= 15 is 0 Å². The number of hydrogen-bond acceptors (Lipinski definition) is 3. The molecule has 0 amide bonds. The van der Waals surface area contributed by atoms with Crippen molar-refractivity contribution in [3.8, 4) is 6.07 Å². The zero-order valence-corrected chi connectivity index (χ0v) is 9.50. The highest BCUT2D eigenvalue weighted by Crippen LogP contribution is 2.18. The third kappa shape index (κ3) is 3.04. The first kappa shape index (κ1) is 12.7. The van der Waals surface area contributed by atoms with Gasteiger partial charge >= 0.3 is 0 Å². The maximum absolute atomic E-state index is 12.0. The molecule has 0 spiro atoms. The van der Waals surface area contributed by atoms with Crippen molar-refractivity contribution in [1.29, 1.82) is 5.26 Å². The van der Waals surface area contributed by atoms with Gasteiger partial charge < -0.3 is 0 Å². The number of alkyl halides is 1. The molecule has 16 heavy (non-hydrogen) atoms. The van der Waals surface area contributed by atoms with E-state index in [1.165, 1.54) is 6.07 Å². The van der Waals surface area contributed by atoms with Crippen LogP contribution in [-0.4, -0.2) is 20.8 Å². The SMILES string of the molecule is N#CCc1ccccc1S(=O)(=O)CCCF. The Morgan fingerprint density at radius 1 is 1.31 bits per heavy atom. The number of sulfone groups is 1. The molecule has 3 nitrogen and oxygen atoms in total. The summed E-state index contributed by atoms with van der Waals surface area (Å²) in [5.74, 6) is -0.216. The molecule has 0 bridgehead atoms. The van der Waals surface area contributed by atoms with Crippen LogP contribution in [0.3, 0.4) is 0 Å². The predicted octanol–water partition coefficient (Wildman–Crippen LogP) is 1.89. The van der Waals surface area contributed by atoms with Gasteiger partial charge in [-0.25, -0.2) is 8.42 Å². The van der Waals surface area contributed by atoms with Crippen LogP contribution in [0.15, 0.2) is 29.2 Å². The molecule has 0 aliphatic heterocycles. The van der Waals surface area contributed by atoms with Crippen molar-refractivity contribution >= 4 is 9.84 Å². The van der Waals surface area contributed by atoms with Crippen molar-refractivity contribution < 1.29 is 12.8 Å². The Hall–Kier alpha value is -1.41. The molecule has 0 N–H and O–H groups in total. The fourth-order valence-electron chi connectivity index (χ4n) is 1.39.